The van der Waals surface area contributed by atoms with Crippen molar-refractivity contribution in [3.8, 4) is 51.2 Å². The zero-order valence-corrected chi connectivity index (χ0v) is 22.8. The average molecular weight is 565 g/mol. The summed E-state index contributed by atoms with van der Waals surface area (Å²) in [4.78, 5) is 8.41. The Bertz CT molecular complexity index is 1680. The largest absolute Gasteiger partial charge is 0.493 e. The molecule has 0 amide bonds. The van der Waals surface area contributed by atoms with E-state index in [1.807, 2.05) is 62.4 Å². The number of rotatable bonds is 6. The lowest BCUT2D eigenvalue weighted by molar-refractivity contribution is -0.141. The zero-order valence-electron chi connectivity index (χ0n) is 22.0. The number of benzene rings is 3. The maximum atomic E-state index is 14.1. The Labute approximate surface area is 234 Å². The maximum absolute atomic E-state index is 14.1. The van der Waals surface area contributed by atoms with Crippen molar-refractivity contribution in [3.63, 3.8) is 0 Å². The summed E-state index contributed by atoms with van der Waals surface area (Å²) in [6.07, 6.45) is -4.75. The quantitative estimate of drug-likeness (QED) is 0.209. The molecule has 0 spiro atoms. The second-order valence-corrected chi connectivity index (χ2v) is 9.54. The first kappa shape index (κ1) is 27.2. The van der Waals surface area contributed by atoms with Crippen molar-refractivity contribution in [2.24, 2.45) is 0 Å². The molecule has 204 valence electrons. The van der Waals surface area contributed by atoms with E-state index in [0.29, 0.717) is 39.6 Å². The van der Waals surface area contributed by atoms with Crippen LogP contribution < -0.4 is 9.47 Å². The van der Waals surface area contributed by atoms with Gasteiger partial charge in [0.1, 0.15) is 5.69 Å². The Morgan fingerprint density at radius 1 is 0.725 bits per heavy atom. The molecule has 6 nitrogen and oxygen atoms in total. The van der Waals surface area contributed by atoms with Crippen LogP contribution in [0, 0.1) is 13.8 Å². The normalized spacial score (nSPS) is 11.5. The highest BCUT2D eigenvalue weighted by atomic mass is 35.5. The van der Waals surface area contributed by atoms with E-state index in [2.05, 4.69) is 15.1 Å². The molecular formula is C30H24ClF3N4O2. The number of nitrogens with zero attached hydrogens (tertiary/aromatic N) is 4. The van der Waals surface area contributed by atoms with Gasteiger partial charge in [-0.05, 0) is 38.1 Å². The highest BCUT2D eigenvalue weighted by Crippen LogP contribution is 2.39. The number of halogens is 4. The van der Waals surface area contributed by atoms with Crippen molar-refractivity contribution in [3.05, 3.63) is 94.6 Å². The Kier molecular flexibility index (Phi) is 7.25. The van der Waals surface area contributed by atoms with Gasteiger partial charge in [0.15, 0.2) is 17.2 Å². The van der Waals surface area contributed by atoms with Crippen LogP contribution in [0.15, 0.2) is 72.8 Å². The van der Waals surface area contributed by atoms with E-state index < -0.39 is 11.9 Å². The minimum absolute atomic E-state index is 0.0247. The van der Waals surface area contributed by atoms with Crippen LogP contribution in [0.25, 0.3) is 39.7 Å². The number of ether oxygens (including phenoxy) is 2. The lowest BCUT2D eigenvalue weighted by Crippen LogP contribution is -2.14. The first-order chi connectivity index (χ1) is 19.1. The first-order valence-electron chi connectivity index (χ1n) is 12.2. The molecule has 0 aliphatic rings. The summed E-state index contributed by atoms with van der Waals surface area (Å²) in [6.45, 7) is 3.89. The lowest BCUT2D eigenvalue weighted by atomic mass is 10.1. The number of aromatic nitrogens is 4. The molecule has 0 N–H and O–H groups in total. The van der Waals surface area contributed by atoms with E-state index >= 15 is 0 Å². The molecule has 2 heterocycles. The molecule has 5 aromatic rings. The Balaban J connectivity index is 1.78. The van der Waals surface area contributed by atoms with Crippen molar-refractivity contribution in [2.45, 2.75) is 20.0 Å². The first-order valence-corrected chi connectivity index (χ1v) is 12.6. The number of alkyl halides is 3. The van der Waals surface area contributed by atoms with Crippen LogP contribution in [0.2, 0.25) is 5.02 Å². The summed E-state index contributed by atoms with van der Waals surface area (Å²) >= 11 is 6.90. The van der Waals surface area contributed by atoms with E-state index in [0.717, 1.165) is 17.2 Å². The maximum Gasteiger partial charge on any atom is 0.433 e. The van der Waals surface area contributed by atoms with Crippen molar-refractivity contribution >= 4 is 11.6 Å². The highest BCUT2D eigenvalue weighted by Gasteiger charge is 2.35. The van der Waals surface area contributed by atoms with Crippen LogP contribution in [-0.2, 0) is 6.18 Å². The third-order valence-electron chi connectivity index (χ3n) is 6.35. The third-order valence-corrected chi connectivity index (χ3v) is 6.71. The smallest absolute Gasteiger partial charge is 0.433 e. The molecule has 0 bridgehead atoms. The van der Waals surface area contributed by atoms with Gasteiger partial charge in [-0.2, -0.15) is 23.0 Å². The molecule has 10 heteroatoms. The van der Waals surface area contributed by atoms with E-state index in [-0.39, 0.29) is 16.7 Å². The van der Waals surface area contributed by atoms with Crippen molar-refractivity contribution in [1.82, 2.24) is 19.7 Å². The Hall–Kier alpha value is -4.37. The van der Waals surface area contributed by atoms with Gasteiger partial charge in [0.2, 0.25) is 0 Å². The van der Waals surface area contributed by atoms with Gasteiger partial charge in [-0.3, -0.25) is 0 Å². The van der Waals surface area contributed by atoms with Crippen molar-refractivity contribution in [1.29, 1.82) is 0 Å². The molecule has 0 unspecified atom stereocenters. The molecule has 40 heavy (non-hydrogen) atoms. The predicted octanol–water partition coefficient (Wildman–Crippen LogP) is 7.97. The number of hydrogen-bond acceptors (Lipinski definition) is 5. The molecule has 5 rings (SSSR count). The third kappa shape index (κ3) is 5.24. The fourth-order valence-corrected chi connectivity index (χ4v) is 4.55. The average Bonchev–Trinajstić information content (AvgIpc) is 3.29. The summed E-state index contributed by atoms with van der Waals surface area (Å²) in [6, 6.07) is 20.6. The lowest BCUT2D eigenvalue weighted by Gasteiger charge is -2.14. The topological polar surface area (TPSA) is 62.1 Å². The number of methoxy groups -OCH3 is 2. The van der Waals surface area contributed by atoms with Gasteiger partial charge in [0.05, 0.1) is 30.6 Å². The second-order valence-electron chi connectivity index (χ2n) is 9.16. The molecule has 2 aromatic heterocycles. The van der Waals surface area contributed by atoms with Crippen LogP contribution >= 0.6 is 11.6 Å². The summed E-state index contributed by atoms with van der Waals surface area (Å²) < 4.78 is 54.2. The monoisotopic (exact) mass is 564 g/mol. The van der Waals surface area contributed by atoms with E-state index in [4.69, 9.17) is 21.1 Å². The van der Waals surface area contributed by atoms with Gasteiger partial charge in [-0.1, -0.05) is 71.3 Å². The number of hydrogen-bond donors (Lipinski definition) is 0. The van der Waals surface area contributed by atoms with Crippen molar-refractivity contribution in [2.75, 3.05) is 14.2 Å². The fraction of sp³-hybridized carbons (Fsp3) is 0.167. The van der Waals surface area contributed by atoms with Gasteiger partial charge in [0.25, 0.3) is 5.95 Å². The van der Waals surface area contributed by atoms with Gasteiger partial charge in [-0.25, -0.2) is 9.97 Å². The Morgan fingerprint density at radius 2 is 1.30 bits per heavy atom. The standard InChI is InChI=1S/C30H24ClF3N4O2/c1-17-5-9-19(10-6-17)27-26(31)28(20-11-7-18(2)8-12-20)38(37-27)29-35-22(16-25(36-29)30(32,33)34)21-13-14-23(39-3)24(15-21)40-4/h5-16H,1-4H3. The minimum atomic E-state index is -4.75. The van der Waals surface area contributed by atoms with Crippen molar-refractivity contribution < 1.29 is 22.6 Å². The molecule has 0 radical (unpaired) electrons. The number of aryl methyl sites for hydroxylation is 2. The predicted molar refractivity (Wildman–Crippen MR) is 148 cm³/mol. The van der Waals surface area contributed by atoms with Crippen LogP contribution in [-0.4, -0.2) is 34.0 Å². The summed E-state index contributed by atoms with van der Waals surface area (Å²) in [5, 5.41) is 4.91. The second kappa shape index (κ2) is 10.7. The van der Waals surface area contributed by atoms with Gasteiger partial charge < -0.3 is 9.47 Å². The minimum Gasteiger partial charge on any atom is -0.493 e. The van der Waals surface area contributed by atoms with Gasteiger partial charge >= 0.3 is 6.18 Å². The molecule has 0 aliphatic carbocycles. The molecule has 0 aliphatic heterocycles. The van der Waals surface area contributed by atoms with Crippen LogP contribution in [0.1, 0.15) is 16.8 Å². The van der Waals surface area contributed by atoms with Crippen LogP contribution in [0.4, 0.5) is 13.2 Å². The zero-order chi connectivity index (χ0) is 28.6. The highest BCUT2D eigenvalue weighted by molar-refractivity contribution is 6.35. The van der Waals surface area contributed by atoms with Crippen LogP contribution in [0.3, 0.4) is 0 Å². The molecule has 0 saturated carbocycles. The summed E-state index contributed by atoms with van der Waals surface area (Å²) in [5.41, 5.74) is 3.44. The van der Waals surface area contributed by atoms with Gasteiger partial charge in [-0.15, -0.1) is 0 Å². The van der Waals surface area contributed by atoms with E-state index in [1.54, 1.807) is 18.2 Å². The van der Waals surface area contributed by atoms with E-state index in [1.165, 1.54) is 18.9 Å². The van der Waals surface area contributed by atoms with E-state index in [9.17, 15) is 13.2 Å². The molecule has 0 atom stereocenters. The Morgan fingerprint density at radius 3 is 1.88 bits per heavy atom. The van der Waals surface area contributed by atoms with Gasteiger partial charge in [0, 0.05) is 16.7 Å². The molecule has 0 saturated heterocycles. The molecule has 3 aromatic carbocycles. The summed E-state index contributed by atoms with van der Waals surface area (Å²) in [5.74, 6) is 0.494. The molecular weight excluding hydrogens is 541 g/mol. The molecule has 0 fully saturated rings. The fourth-order valence-electron chi connectivity index (χ4n) is 4.22. The van der Waals surface area contributed by atoms with Crippen LogP contribution in [0.5, 0.6) is 11.5 Å². The summed E-state index contributed by atoms with van der Waals surface area (Å²) in [7, 11) is 2.92. The SMILES string of the molecule is COc1ccc(-c2cc(C(F)(F)F)nc(-n3nc(-c4ccc(C)cc4)c(Cl)c3-c3ccc(C)cc3)n2)cc1OC.